The third kappa shape index (κ3) is 5.34. The number of fused-ring (bicyclic) bond motifs is 1. The molecule has 4 aliphatic rings. The first-order valence-electron chi connectivity index (χ1n) is 15.7. The number of amides is 3. The van der Waals surface area contributed by atoms with Crippen molar-refractivity contribution in [3.05, 3.63) is 42.0 Å². The normalized spacial score (nSPS) is 34.0. The summed E-state index contributed by atoms with van der Waals surface area (Å²) in [4.78, 5) is 46.1. The summed E-state index contributed by atoms with van der Waals surface area (Å²) in [6.07, 6.45) is 6.44. The largest absolute Gasteiger partial charge is 0.359 e. The van der Waals surface area contributed by atoms with E-state index in [1.165, 1.54) is 12.0 Å². The highest BCUT2D eigenvalue weighted by molar-refractivity contribution is 6.02. The van der Waals surface area contributed by atoms with Crippen LogP contribution in [0.3, 0.4) is 0 Å². The van der Waals surface area contributed by atoms with Crippen LogP contribution in [0.5, 0.6) is 0 Å². The van der Waals surface area contributed by atoms with Gasteiger partial charge in [0, 0.05) is 24.8 Å². The van der Waals surface area contributed by atoms with Crippen LogP contribution in [0.15, 0.2) is 36.4 Å². The van der Waals surface area contributed by atoms with Crippen LogP contribution in [-0.2, 0) is 19.1 Å². The van der Waals surface area contributed by atoms with Crippen LogP contribution in [0.25, 0.3) is 0 Å². The molecule has 8 heteroatoms. The molecule has 3 aliphatic heterocycles. The Hall–Kier alpha value is -2.71. The summed E-state index contributed by atoms with van der Waals surface area (Å²) < 4.78 is 6.53. The Morgan fingerprint density at radius 1 is 1.10 bits per heavy atom. The van der Waals surface area contributed by atoms with Gasteiger partial charge in [-0.2, -0.15) is 0 Å². The maximum Gasteiger partial charge on any atom is 0.246 e. The van der Waals surface area contributed by atoms with Crippen LogP contribution < -0.4 is 10.6 Å². The van der Waals surface area contributed by atoms with E-state index in [0.717, 1.165) is 25.9 Å². The van der Waals surface area contributed by atoms with Gasteiger partial charge in [-0.3, -0.25) is 14.4 Å². The highest BCUT2D eigenvalue weighted by Gasteiger charge is 2.72. The second-order valence-electron chi connectivity index (χ2n) is 12.9. The molecule has 3 fully saturated rings. The second kappa shape index (κ2) is 11.9. The molecular formula is C33H48N4O4. The van der Waals surface area contributed by atoms with E-state index in [4.69, 9.17) is 4.74 Å². The second-order valence-corrected chi connectivity index (χ2v) is 12.9. The van der Waals surface area contributed by atoms with Crippen LogP contribution in [0.4, 0.5) is 5.69 Å². The van der Waals surface area contributed by atoms with E-state index in [9.17, 15) is 14.4 Å². The predicted molar refractivity (Wildman–Crippen MR) is 160 cm³/mol. The number of carbonyl (C=O) groups is 3. The van der Waals surface area contributed by atoms with Crippen LogP contribution in [0, 0.1) is 23.7 Å². The van der Waals surface area contributed by atoms with Gasteiger partial charge in [-0.15, -0.1) is 0 Å². The number of likely N-dealkylation sites (N-methyl/N-ethyl adjacent to an activating group) is 1. The summed E-state index contributed by atoms with van der Waals surface area (Å²) >= 11 is 0. The van der Waals surface area contributed by atoms with Gasteiger partial charge in [0.05, 0.1) is 17.9 Å². The number of likely N-dealkylation sites (tertiary alicyclic amines) is 1. The van der Waals surface area contributed by atoms with E-state index < -0.39 is 29.6 Å². The SMILES string of the molecule is CCN(CC)CCN1C(=O)[C@H]2[C@H](C(=O)Nc3ccc(C(C)C)cc3)[C@H]3C=C[C@@]2(O3)[C@@H]1C(=O)N[C@@H]1CCC[C@H](C)[C@H]1C. The molecule has 1 aliphatic carbocycles. The van der Waals surface area contributed by atoms with E-state index >= 15 is 0 Å². The molecule has 3 heterocycles. The fourth-order valence-corrected chi connectivity index (χ4v) is 7.52. The van der Waals surface area contributed by atoms with Gasteiger partial charge in [-0.05, 0) is 55.0 Å². The van der Waals surface area contributed by atoms with Gasteiger partial charge in [-0.1, -0.05) is 78.7 Å². The number of hydrogen-bond donors (Lipinski definition) is 2. The summed E-state index contributed by atoms with van der Waals surface area (Å²) in [6.45, 7) is 15.7. The molecule has 8 atom stereocenters. The number of rotatable bonds is 10. The monoisotopic (exact) mass is 564 g/mol. The minimum Gasteiger partial charge on any atom is -0.359 e. The molecule has 1 aromatic carbocycles. The first-order valence-corrected chi connectivity index (χ1v) is 15.7. The lowest BCUT2D eigenvalue weighted by atomic mass is 9.73. The average molecular weight is 565 g/mol. The maximum atomic E-state index is 14.2. The van der Waals surface area contributed by atoms with Crippen molar-refractivity contribution in [2.45, 2.75) is 90.5 Å². The lowest BCUT2D eigenvalue weighted by Crippen LogP contribution is -2.58. The molecule has 8 nitrogen and oxygen atoms in total. The van der Waals surface area contributed by atoms with Crippen LogP contribution >= 0.6 is 0 Å². The Morgan fingerprint density at radius 3 is 2.46 bits per heavy atom. The molecule has 2 N–H and O–H groups in total. The highest BCUT2D eigenvalue weighted by Crippen LogP contribution is 2.55. The van der Waals surface area contributed by atoms with Gasteiger partial charge in [-0.25, -0.2) is 0 Å². The number of nitrogens with zero attached hydrogens (tertiary/aromatic N) is 2. The lowest BCUT2D eigenvalue weighted by Gasteiger charge is -2.38. The van der Waals surface area contributed by atoms with Crippen molar-refractivity contribution in [1.29, 1.82) is 0 Å². The van der Waals surface area contributed by atoms with E-state index in [0.29, 0.717) is 36.5 Å². The van der Waals surface area contributed by atoms with Crippen molar-refractivity contribution in [2.75, 3.05) is 31.5 Å². The third-order valence-corrected chi connectivity index (χ3v) is 10.4. The number of carbonyl (C=O) groups excluding carboxylic acids is 3. The fourth-order valence-electron chi connectivity index (χ4n) is 7.52. The summed E-state index contributed by atoms with van der Waals surface area (Å²) in [5.41, 5.74) is 0.750. The van der Waals surface area contributed by atoms with Gasteiger partial charge < -0.3 is 25.2 Å². The van der Waals surface area contributed by atoms with Gasteiger partial charge in [0.25, 0.3) is 0 Å². The fraction of sp³-hybridized carbons (Fsp3) is 0.667. The van der Waals surface area contributed by atoms with Crippen molar-refractivity contribution in [3.8, 4) is 0 Å². The average Bonchev–Trinajstić information content (AvgIpc) is 3.59. The molecule has 1 saturated carbocycles. The molecule has 0 aromatic heterocycles. The standard InChI is InChI=1S/C33H48N4O4/c1-7-36(8-2)18-19-37-29(31(39)35-25-11-9-10-21(5)22(25)6)33-17-16-26(41-33)27(28(33)32(37)40)30(38)34-24-14-12-23(13-15-24)20(3)4/h12-17,20-22,25-29H,7-11,18-19H2,1-6H3,(H,34,38)(H,35,39)/t21-,22+,25+,26+,27+,28+,29-,33-/m0/s1. The van der Waals surface area contributed by atoms with E-state index in [1.54, 1.807) is 4.90 Å². The summed E-state index contributed by atoms with van der Waals surface area (Å²) in [6, 6.07) is 7.11. The highest BCUT2D eigenvalue weighted by atomic mass is 16.5. The molecular weight excluding hydrogens is 516 g/mol. The topological polar surface area (TPSA) is 91.0 Å². The Kier molecular flexibility index (Phi) is 8.63. The van der Waals surface area contributed by atoms with Crippen LogP contribution in [0.1, 0.15) is 72.3 Å². The maximum absolute atomic E-state index is 14.2. The summed E-state index contributed by atoms with van der Waals surface area (Å²) in [7, 11) is 0. The van der Waals surface area contributed by atoms with Crippen LogP contribution in [0.2, 0.25) is 0 Å². The number of benzene rings is 1. The smallest absolute Gasteiger partial charge is 0.246 e. The Balaban J connectivity index is 1.41. The quantitative estimate of drug-likeness (QED) is 0.416. The summed E-state index contributed by atoms with van der Waals surface area (Å²) in [5, 5.41) is 6.37. The van der Waals surface area contributed by atoms with Gasteiger partial charge >= 0.3 is 0 Å². The summed E-state index contributed by atoms with van der Waals surface area (Å²) in [5.74, 6) is -0.709. The van der Waals surface area contributed by atoms with Gasteiger partial charge in [0.2, 0.25) is 17.7 Å². The van der Waals surface area contributed by atoms with Crippen molar-refractivity contribution < 1.29 is 19.1 Å². The molecule has 3 amide bonds. The third-order valence-electron chi connectivity index (χ3n) is 10.4. The Morgan fingerprint density at radius 2 is 1.80 bits per heavy atom. The molecule has 2 saturated heterocycles. The minimum absolute atomic E-state index is 0.0666. The van der Waals surface area contributed by atoms with Crippen molar-refractivity contribution >= 4 is 23.4 Å². The molecule has 1 spiro atoms. The molecule has 0 radical (unpaired) electrons. The van der Waals surface area contributed by atoms with Crippen molar-refractivity contribution in [1.82, 2.24) is 15.1 Å². The number of anilines is 1. The predicted octanol–water partition coefficient (Wildman–Crippen LogP) is 4.18. The lowest BCUT2D eigenvalue weighted by molar-refractivity contribution is -0.141. The van der Waals surface area contributed by atoms with Gasteiger partial charge in [0.1, 0.15) is 11.6 Å². The van der Waals surface area contributed by atoms with E-state index in [-0.39, 0.29) is 23.8 Å². The molecule has 5 rings (SSSR count). The Bertz CT molecular complexity index is 1160. The van der Waals surface area contributed by atoms with Crippen LogP contribution in [-0.4, -0.2) is 77.5 Å². The molecule has 0 unspecified atom stereocenters. The first kappa shape index (κ1) is 29.8. The zero-order valence-corrected chi connectivity index (χ0v) is 25.6. The zero-order chi connectivity index (χ0) is 29.5. The van der Waals surface area contributed by atoms with Crippen molar-refractivity contribution in [3.63, 3.8) is 0 Å². The van der Waals surface area contributed by atoms with Crippen molar-refractivity contribution in [2.24, 2.45) is 23.7 Å². The Labute approximate surface area is 245 Å². The molecule has 224 valence electrons. The minimum atomic E-state index is -1.14. The van der Waals surface area contributed by atoms with E-state index in [2.05, 4.69) is 57.1 Å². The number of ether oxygens (including phenoxy) is 1. The molecule has 1 aromatic rings. The number of hydrogen-bond acceptors (Lipinski definition) is 5. The number of nitrogens with one attached hydrogen (secondary N) is 2. The molecule has 2 bridgehead atoms. The zero-order valence-electron chi connectivity index (χ0n) is 25.6. The molecule has 41 heavy (non-hydrogen) atoms. The first-order chi connectivity index (χ1) is 19.6. The van der Waals surface area contributed by atoms with Gasteiger partial charge in [0.15, 0.2) is 0 Å². The van der Waals surface area contributed by atoms with E-state index in [1.807, 2.05) is 36.4 Å².